The van der Waals surface area contributed by atoms with Gasteiger partial charge in [-0.1, -0.05) is 0 Å². The minimum atomic E-state index is -1.03. The smallest absolute Gasteiger partial charge is 0.341 e. The van der Waals surface area contributed by atoms with Crippen LogP contribution in [0, 0.1) is 0 Å². The summed E-state index contributed by atoms with van der Waals surface area (Å²) in [5.74, 6) is -0.768. The minimum absolute atomic E-state index is 0.262. The van der Waals surface area contributed by atoms with Gasteiger partial charge in [-0.15, -0.1) is 5.10 Å². The van der Waals surface area contributed by atoms with E-state index < -0.39 is 12.6 Å². The van der Waals surface area contributed by atoms with Crippen LogP contribution in [0.15, 0.2) is 24.5 Å². The molecular formula is C8H7N3O3. The normalized spacial score (nSPS) is 10.3. The van der Waals surface area contributed by atoms with Crippen molar-refractivity contribution in [2.45, 2.75) is 0 Å². The molecule has 1 N–H and O–H groups in total. The molecule has 0 aliphatic carbocycles. The topological polar surface area (TPSA) is 76.7 Å². The molecule has 2 aromatic heterocycles. The highest BCUT2D eigenvalue weighted by molar-refractivity contribution is 5.68. The zero-order chi connectivity index (χ0) is 9.97. The fourth-order valence-electron chi connectivity index (χ4n) is 1.01. The molecule has 0 saturated heterocycles. The van der Waals surface area contributed by atoms with E-state index in [1.54, 1.807) is 24.5 Å². The van der Waals surface area contributed by atoms with Crippen molar-refractivity contribution in [3.63, 3.8) is 0 Å². The lowest BCUT2D eigenvalue weighted by molar-refractivity contribution is -0.139. The Balaban J connectivity index is 2.21. The fourth-order valence-corrected chi connectivity index (χ4v) is 1.01. The predicted molar refractivity (Wildman–Crippen MR) is 46.1 cm³/mol. The summed E-state index contributed by atoms with van der Waals surface area (Å²) >= 11 is 0. The van der Waals surface area contributed by atoms with Crippen molar-refractivity contribution >= 4 is 11.6 Å². The number of hydrogen-bond acceptors (Lipinski definition) is 4. The molecule has 0 unspecified atom stereocenters. The van der Waals surface area contributed by atoms with Gasteiger partial charge < -0.3 is 9.84 Å². The molecule has 0 fully saturated rings. The standard InChI is InChI=1S/C8H7N3O3/c12-8(13)5-14-7-2-1-6-9-3-4-11(6)10-7/h1-4H,5H2,(H,12,13). The summed E-state index contributed by atoms with van der Waals surface area (Å²) in [6, 6.07) is 3.27. The molecule has 0 radical (unpaired) electrons. The SMILES string of the molecule is O=C(O)COc1ccc2nccn2n1. The monoisotopic (exact) mass is 193 g/mol. The van der Waals surface area contributed by atoms with E-state index in [-0.39, 0.29) is 5.88 Å². The second kappa shape index (κ2) is 3.33. The first-order valence-corrected chi connectivity index (χ1v) is 3.91. The maximum Gasteiger partial charge on any atom is 0.341 e. The first-order chi connectivity index (χ1) is 6.75. The predicted octanol–water partition coefficient (Wildman–Crippen LogP) is 0.193. The second-order valence-corrected chi connectivity index (χ2v) is 2.58. The summed E-state index contributed by atoms with van der Waals surface area (Å²) < 4.78 is 6.40. The number of carboxylic acids is 1. The molecule has 0 atom stereocenters. The van der Waals surface area contributed by atoms with E-state index in [9.17, 15) is 4.79 Å². The third-order valence-corrected chi connectivity index (χ3v) is 1.57. The first-order valence-electron chi connectivity index (χ1n) is 3.91. The number of carboxylic acid groups (broad SMARTS) is 1. The number of aromatic nitrogens is 3. The highest BCUT2D eigenvalue weighted by atomic mass is 16.5. The quantitative estimate of drug-likeness (QED) is 0.753. The van der Waals surface area contributed by atoms with E-state index in [2.05, 4.69) is 10.1 Å². The average molecular weight is 193 g/mol. The van der Waals surface area contributed by atoms with Crippen LogP contribution >= 0.6 is 0 Å². The molecule has 0 bridgehead atoms. The third kappa shape index (κ3) is 1.63. The lowest BCUT2D eigenvalue weighted by Gasteiger charge is -2.01. The number of aliphatic carboxylic acids is 1. The van der Waals surface area contributed by atoms with Crippen LogP contribution in [0.25, 0.3) is 5.65 Å². The molecule has 0 aliphatic rings. The van der Waals surface area contributed by atoms with Gasteiger partial charge in [0.1, 0.15) is 0 Å². The maximum absolute atomic E-state index is 10.2. The molecule has 2 aromatic rings. The number of rotatable bonds is 3. The van der Waals surface area contributed by atoms with E-state index in [1.807, 2.05) is 0 Å². The van der Waals surface area contributed by atoms with Crippen LogP contribution in [0.3, 0.4) is 0 Å². The zero-order valence-electron chi connectivity index (χ0n) is 7.12. The van der Waals surface area contributed by atoms with Crippen molar-refractivity contribution in [2.24, 2.45) is 0 Å². The van der Waals surface area contributed by atoms with E-state index >= 15 is 0 Å². The molecule has 6 heteroatoms. The average Bonchev–Trinajstić information content (AvgIpc) is 2.61. The summed E-state index contributed by atoms with van der Waals surface area (Å²) in [7, 11) is 0. The van der Waals surface area contributed by atoms with Gasteiger partial charge in [0.15, 0.2) is 12.3 Å². The molecule has 2 rings (SSSR count). The lowest BCUT2D eigenvalue weighted by Crippen LogP contribution is -2.10. The van der Waals surface area contributed by atoms with Crippen molar-refractivity contribution < 1.29 is 14.6 Å². The van der Waals surface area contributed by atoms with Crippen molar-refractivity contribution in [3.8, 4) is 5.88 Å². The van der Waals surface area contributed by atoms with Crippen LogP contribution in [-0.4, -0.2) is 32.3 Å². The highest BCUT2D eigenvalue weighted by Crippen LogP contribution is 2.07. The summed E-state index contributed by atoms with van der Waals surface area (Å²) in [5.41, 5.74) is 0.688. The van der Waals surface area contributed by atoms with Gasteiger partial charge in [0, 0.05) is 18.5 Å². The second-order valence-electron chi connectivity index (χ2n) is 2.58. The third-order valence-electron chi connectivity index (χ3n) is 1.57. The minimum Gasteiger partial charge on any atom is -0.479 e. The van der Waals surface area contributed by atoms with Crippen molar-refractivity contribution in [3.05, 3.63) is 24.5 Å². The summed E-state index contributed by atoms with van der Waals surface area (Å²) in [4.78, 5) is 14.2. The van der Waals surface area contributed by atoms with Gasteiger partial charge in [-0.3, -0.25) is 0 Å². The number of ether oxygens (including phenoxy) is 1. The van der Waals surface area contributed by atoms with Gasteiger partial charge in [0.2, 0.25) is 5.88 Å². The summed E-state index contributed by atoms with van der Waals surface area (Å²) in [5, 5.41) is 12.4. The largest absolute Gasteiger partial charge is 0.479 e. The van der Waals surface area contributed by atoms with E-state index in [1.165, 1.54) is 4.52 Å². The molecule has 0 spiro atoms. The molecule has 0 aromatic carbocycles. The van der Waals surface area contributed by atoms with E-state index in [4.69, 9.17) is 9.84 Å². The molecule has 2 heterocycles. The van der Waals surface area contributed by atoms with Crippen molar-refractivity contribution in [1.29, 1.82) is 0 Å². The molecule has 0 aliphatic heterocycles. The molecule has 0 amide bonds. The van der Waals surface area contributed by atoms with Crippen LogP contribution in [0.2, 0.25) is 0 Å². The van der Waals surface area contributed by atoms with Gasteiger partial charge in [-0.25, -0.2) is 14.3 Å². The van der Waals surface area contributed by atoms with Crippen molar-refractivity contribution in [2.75, 3.05) is 6.61 Å². The Bertz CT molecular complexity index is 466. The fraction of sp³-hybridized carbons (Fsp3) is 0.125. The van der Waals surface area contributed by atoms with Crippen LogP contribution in [0.5, 0.6) is 5.88 Å². The van der Waals surface area contributed by atoms with Gasteiger partial charge >= 0.3 is 5.97 Å². The van der Waals surface area contributed by atoms with Crippen LogP contribution in [0.4, 0.5) is 0 Å². The van der Waals surface area contributed by atoms with Gasteiger partial charge in [0.25, 0.3) is 0 Å². The number of imidazole rings is 1. The Morgan fingerprint density at radius 1 is 1.57 bits per heavy atom. The Morgan fingerprint density at radius 2 is 2.43 bits per heavy atom. The first kappa shape index (κ1) is 8.49. The number of nitrogens with zero attached hydrogens (tertiary/aromatic N) is 3. The number of carbonyl (C=O) groups is 1. The molecule has 6 nitrogen and oxygen atoms in total. The summed E-state index contributed by atoms with van der Waals surface area (Å²) in [6.45, 7) is -0.396. The maximum atomic E-state index is 10.2. The molecule has 72 valence electrons. The van der Waals surface area contributed by atoms with Gasteiger partial charge in [-0.2, -0.15) is 0 Å². The Kier molecular flexibility index (Phi) is 2.02. The van der Waals surface area contributed by atoms with Crippen LogP contribution < -0.4 is 4.74 Å². The van der Waals surface area contributed by atoms with Gasteiger partial charge in [-0.05, 0) is 6.07 Å². The van der Waals surface area contributed by atoms with E-state index in [0.717, 1.165) is 0 Å². The highest BCUT2D eigenvalue weighted by Gasteiger charge is 2.01. The Morgan fingerprint density at radius 3 is 3.21 bits per heavy atom. The Hall–Kier alpha value is -2.11. The Labute approximate surface area is 78.8 Å². The van der Waals surface area contributed by atoms with Crippen LogP contribution in [-0.2, 0) is 4.79 Å². The zero-order valence-corrected chi connectivity index (χ0v) is 7.12. The molecule has 14 heavy (non-hydrogen) atoms. The van der Waals surface area contributed by atoms with Crippen molar-refractivity contribution in [1.82, 2.24) is 14.6 Å². The lowest BCUT2D eigenvalue weighted by atomic mass is 10.5. The van der Waals surface area contributed by atoms with E-state index in [0.29, 0.717) is 5.65 Å². The summed E-state index contributed by atoms with van der Waals surface area (Å²) in [6.07, 6.45) is 3.26. The molecular weight excluding hydrogens is 186 g/mol. The van der Waals surface area contributed by atoms with Crippen LogP contribution in [0.1, 0.15) is 0 Å². The van der Waals surface area contributed by atoms with Gasteiger partial charge in [0.05, 0.1) is 0 Å². The molecule has 0 saturated carbocycles. The number of fused-ring (bicyclic) bond motifs is 1. The number of hydrogen-bond donors (Lipinski definition) is 1.